The highest BCUT2D eigenvalue weighted by Crippen LogP contribution is 2.18. The van der Waals surface area contributed by atoms with Crippen molar-refractivity contribution >= 4 is 17.7 Å². The SMILES string of the molecule is CCC(C)(NC(=O)Nc1cccc(C)c1C)C(=O)O. The van der Waals surface area contributed by atoms with Crippen molar-refractivity contribution in [2.24, 2.45) is 0 Å². The Morgan fingerprint density at radius 2 is 1.95 bits per heavy atom. The molecule has 1 unspecified atom stereocenters. The normalized spacial score (nSPS) is 13.5. The van der Waals surface area contributed by atoms with Crippen molar-refractivity contribution in [1.82, 2.24) is 5.32 Å². The molecule has 0 fully saturated rings. The maximum absolute atomic E-state index is 11.9. The second-order valence-electron chi connectivity index (χ2n) is 4.82. The minimum Gasteiger partial charge on any atom is -0.480 e. The third-order valence-corrected chi connectivity index (χ3v) is 3.42. The van der Waals surface area contributed by atoms with Crippen molar-refractivity contribution in [2.75, 3.05) is 5.32 Å². The van der Waals surface area contributed by atoms with Gasteiger partial charge in [0.25, 0.3) is 0 Å². The van der Waals surface area contributed by atoms with Gasteiger partial charge in [-0.3, -0.25) is 0 Å². The number of amides is 2. The van der Waals surface area contributed by atoms with Gasteiger partial charge >= 0.3 is 12.0 Å². The van der Waals surface area contributed by atoms with Gasteiger partial charge in [-0.15, -0.1) is 0 Å². The smallest absolute Gasteiger partial charge is 0.329 e. The third kappa shape index (κ3) is 3.47. The highest BCUT2D eigenvalue weighted by atomic mass is 16.4. The van der Waals surface area contributed by atoms with Crippen LogP contribution in [0.1, 0.15) is 31.4 Å². The molecule has 0 aromatic heterocycles. The number of carbonyl (C=O) groups is 2. The molecule has 0 aliphatic carbocycles. The number of carbonyl (C=O) groups excluding carboxylic acids is 1. The van der Waals surface area contributed by atoms with E-state index < -0.39 is 17.5 Å². The van der Waals surface area contributed by atoms with Crippen LogP contribution in [-0.2, 0) is 4.79 Å². The van der Waals surface area contributed by atoms with Crippen LogP contribution >= 0.6 is 0 Å². The summed E-state index contributed by atoms with van der Waals surface area (Å²) in [4.78, 5) is 23.0. The Bertz CT molecular complexity index is 499. The quantitative estimate of drug-likeness (QED) is 0.782. The molecule has 5 heteroatoms. The number of carboxylic acid groups (broad SMARTS) is 1. The van der Waals surface area contributed by atoms with Gasteiger partial charge in [-0.1, -0.05) is 19.1 Å². The summed E-state index contributed by atoms with van der Waals surface area (Å²) >= 11 is 0. The van der Waals surface area contributed by atoms with E-state index in [1.165, 1.54) is 6.92 Å². The fourth-order valence-corrected chi connectivity index (χ4v) is 1.58. The molecule has 19 heavy (non-hydrogen) atoms. The standard InChI is InChI=1S/C14H20N2O3/c1-5-14(4,12(17)18)16-13(19)15-11-8-6-7-9(2)10(11)3/h6-8H,5H2,1-4H3,(H,17,18)(H2,15,16,19). The van der Waals surface area contributed by atoms with Gasteiger partial charge in [0, 0.05) is 5.69 Å². The van der Waals surface area contributed by atoms with E-state index in [4.69, 9.17) is 5.11 Å². The molecule has 0 aliphatic heterocycles. The van der Waals surface area contributed by atoms with Crippen LogP contribution in [0.15, 0.2) is 18.2 Å². The Morgan fingerprint density at radius 3 is 2.47 bits per heavy atom. The lowest BCUT2D eigenvalue weighted by atomic mass is 10.00. The van der Waals surface area contributed by atoms with Crippen molar-refractivity contribution in [2.45, 2.75) is 39.7 Å². The topological polar surface area (TPSA) is 78.4 Å². The van der Waals surface area contributed by atoms with Gasteiger partial charge in [-0.2, -0.15) is 0 Å². The third-order valence-electron chi connectivity index (χ3n) is 3.42. The zero-order valence-corrected chi connectivity index (χ0v) is 11.7. The second kappa shape index (κ2) is 5.73. The zero-order chi connectivity index (χ0) is 14.6. The van der Waals surface area contributed by atoms with E-state index >= 15 is 0 Å². The number of anilines is 1. The number of rotatable bonds is 4. The van der Waals surface area contributed by atoms with Crippen LogP contribution in [0.25, 0.3) is 0 Å². The largest absolute Gasteiger partial charge is 0.480 e. The molecule has 3 N–H and O–H groups in total. The lowest BCUT2D eigenvalue weighted by molar-refractivity contribution is -0.143. The first kappa shape index (κ1) is 15.0. The van der Waals surface area contributed by atoms with Crippen molar-refractivity contribution < 1.29 is 14.7 Å². The van der Waals surface area contributed by atoms with Crippen molar-refractivity contribution in [1.29, 1.82) is 0 Å². The first-order valence-electron chi connectivity index (χ1n) is 6.19. The molecule has 0 aliphatic rings. The molecular weight excluding hydrogens is 244 g/mol. The van der Waals surface area contributed by atoms with Gasteiger partial charge in [-0.05, 0) is 44.4 Å². The molecule has 0 spiro atoms. The predicted molar refractivity (Wildman–Crippen MR) is 74.4 cm³/mol. The summed E-state index contributed by atoms with van der Waals surface area (Å²) in [6.07, 6.45) is 0.308. The predicted octanol–water partition coefficient (Wildman–Crippen LogP) is 2.68. The maximum Gasteiger partial charge on any atom is 0.329 e. The Morgan fingerprint density at radius 1 is 1.32 bits per heavy atom. The van der Waals surface area contributed by atoms with Crippen molar-refractivity contribution in [3.05, 3.63) is 29.3 Å². The van der Waals surface area contributed by atoms with Gasteiger partial charge in [0.05, 0.1) is 0 Å². The maximum atomic E-state index is 11.9. The number of hydrogen-bond donors (Lipinski definition) is 3. The summed E-state index contributed by atoms with van der Waals surface area (Å²) in [5.74, 6) is -1.05. The van der Waals surface area contributed by atoms with Crippen LogP contribution in [-0.4, -0.2) is 22.6 Å². The summed E-state index contributed by atoms with van der Waals surface area (Å²) in [5.41, 5.74) is 1.45. The molecule has 0 saturated heterocycles. The van der Waals surface area contributed by atoms with Crippen LogP contribution < -0.4 is 10.6 Å². The molecule has 2 amide bonds. The summed E-state index contributed by atoms with van der Waals surface area (Å²) in [5, 5.41) is 14.3. The Balaban J connectivity index is 2.81. The molecule has 1 atom stereocenters. The molecule has 0 radical (unpaired) electrons. The zero-order valence-electron chi connectivity index (χ0n) is 11.7. The van der Waals surface area contributed by atoms with E-state index in [1.54, 1.807) is 13.0 Å². The highest BCUT2D eigenvalue weighted by Gasteiger charge is 2.32. The van der Waals surface area contributed by atoms with Gasteiger partial charge < -0.3 is 15.7 Å². The number of urea groups is 1. The van der Waals surface area contributed by atoms with E-state index in [2.05, 4.69) is 10.6 Å². The minimum absolute atomic E-state index is 0.308. The summed E-state index contributed by atoms with van der Waals surface area (Å²) in [7, 11) is 0. The van der Waals surface area contributed by atoms with Crippen molar-refractivity contribution in [3.8, 4) is 0 Å². The number of hydrogen-bond acceptors (Lipinski definition) is 2. The fourth-order valence-electron chi connectivity index (χ4n) is 1.58. The molecular formula is C14H20N2O3. The van der Waals surface area contributed by atoms with Crippen LogP contribution in [0.2, 0.25) is 0 Å². The molecule has 0 saturated carbocycles. The average Bonchev–Trinajstić information content (AvgIpc) is 2.34. The van der Waals surface area contributed by atoms with Crippen LogP contribution in [0.3, 0.4) is 0 Å². The van der Waals surface area contributed by atoms with Gasteiger partial charge in [0.15, 0.2) is 0 Å². The first-order valence-corrected chi connectivity index (χ1v) is 6.19. The van der Waals surface area contributed by atoms with Crippen LogP contribution in [0.5, 0.6) is 0 Å². The van der Waals surface area contributed by atoms with E-state index in [-0.39, 0.29) is 0 Å². The Kier molecular flexibility index (Phi) is 4.53. The van der Waals surface area contributed by atoms with Gasteiger partial charge in [0.2, 0.25) is 0 Å². The summed E-state index contributed by atoms with van der Waals surface area (Å²) in [6, 6.07) is 5.06. The van der Waals surface area contributed by atoms with E-state index in [0.29, 0.717) is 12.1 Å². The second-order valence-corrected chi connectivity index (χ2v) is 4.82. The number of aliphatic carboxylic acids is 1. The lowest BCUT2D eigenvalue weighted by Crippen LogP contribution is -2.53. The molecule has 0 bridgehead atoms. The number of carboxylic acids is 1. The van der Waals surface area contributed by atoms with Gasteiger partial charge in [0.1, 0.15) is 5.54 Å². The molecule has 0 heterocycles. The molecule has 104 valence electrons. The van der Waals surface area contributed by atoms with Gasteiger partial charge in [-0.25, -0.2) is 9.59 Å². The van der Waals surface area contributed by atoms with E-state index in [1.807, 2.05) is 26.0 Å². The van der Waals surface area contributed by atoms with Crippen LogP contribution in [0.4, 0.5) is 10.5 Å². The lowest BCUT2D eigenvalue weighted by Gasteiger charge is -2.25. The molecule has 1 rings (SSSR count). The first-order chi connectivity index (χ1) is 8.80. The van der Waals surface area contributed by atoms with E-state index in [9.17, 15) is 9.59 Å². The highest BCUT2D eigenvalue weighted by molar-refractivity contribution is 5.94. The number of aryl methyl sites for hydroxylation is 1. The monoisotopic (exact) mass is 264 g/mol. The summed E-state index contributed by atoms with van der Waals surface area (Å²) < 4.78 is 0. The Labute approximate surface area is 113 Å². The minimum atomic E-state index is -1.26. The number of benzene rings is 1. The van der Waals surface area contributed by atoms with Crippen molar-refractivity contribution in [3.63, 3.8) is 0 Å². The molecule has 1 aromatic rings. The van der Waals surface area contributed by atoms with E-state index in [0.717, 1.165) is 11.1 Å². The average molecular weight is 264 g/mol. The van der Waals surface area contributed by atoms with Crippen LogP contribution in [0, 0.1) is 13.8 Å². The summed E-state index contributed by atoms with van der Waals surface area (Å²) in [6.45, 7) is 7.05. The fraction of sp³-hybridized carbons (Fsp3) is 0.429. The molecule has 5 nitrogen and oxygen atoms in total. The number of nitrogens with one attached hydrogen (secondary N) is 2. The molecule has 1 aromatic carbocycles. The Hall–Kier alpha value is -2.04.